The molecule has 1 N–H and O–H groups in total. The number of para-hydroxylation sites is 1. The zero-order valence-electron chi connectivity index (χ0n) is 14.2. The molecule has 25 heavy (non-hydrogen) atoms. The van der Waals surface area contributed by atoms with E-state index in [9.17, 15) is 4.79 Å². The number of hydrogen-bond donors (Lipinski definition) is 1. The average molecular weight is 335 g/mol. The second-order valence-corrected chi connectivity index (χ2v) is 6.55. The van der Waals surface area contributed by atoms with Crippen LogP contribution in [0.2, 0.25) is 0 Å². The van der Waals surface area contributed by atoms with Crippen LogP contribution in [0.5, 0.6) is 0 Å². The van der Waals surface area contributed by atoms with Crippen LogP contribution in [0.4, 0.5) is 0 Å². The molecule has 4 rings (SSSR count). The van der Waals surface area contributed by atoms with E-state index in [4.69, 9.17) is 0 Å². The van der Waals surface area contributed by atoms with Gasteiger partial charge < -0.3 is 9.88 Å². The number of benzene rings is 1. The van der Waals surface area contributed by atoms with Crippen LogP contribution in [-0.4, -0.2) is 31.3 Å². The maximum absolute atomic E-state index is 12.7. The highest BCUT2D eigenvalue weighted by Crippen LogP contribution is 2.30. The molecular weight excluding hydrogens is 314 g/mol. The number of nitrogens with zero attached hydrogens (tertiary/aromatic N) is 4. The van der Waals surface area contributed by atoms with Crippen molar-refractivity contribution >= 4 is 5.91 Å². The Bertz CT molecular complexity index is 868. The normalized spacial score (nSPS) is 19.9. The molecule has 1 aliphatic carbocycles. The molecule has 6 nitrogen and oxygen atoms in total. The van der Waals surface area contributed by atoms with Crippen molar-refractivity contribution in [3.05, 3.63) is 66.5 Å². The minimum Gasteiger partial charge on any atom is -0.347 e. The monoisotopic (exact) mass is 335 g/mol. The molecule has 0 unspecified atom stereocenters. The van der Waals surface area contributed by atoms with Crippen LogP contribution in [0.25, 0.3) is 5.69 Å². The van der Waals surface area contributed by atoms with Gasteiger partial charge in [0.1, 0.15) is 0 Å². The summed E-state index contributed by atoms with van der Waals surface area (Å²) in [5.74, 6) is -0.0724. The van der Waals surface area contributed by atoms with Crippen LogP contribution in [0.15, 0.2) is 55.4 Å². The predicted molar refractivity (Wildman–Crippen MR) is 94.7 cm³/mol. The molecule has 1 amide bonds. The summed E-state index contributed by atoms with van der Waals surface area (Å²) in [5.41, 5.74) is 2.69. The van der Waals surface area contributed by atoms with Gasteiger partial charge in [0.25, 0.3) is 5.91 Å². The Morgan fingerprint density at radius 2 is 2.16 bits per heavy atom. The molecule has 0 radical (unpaired) electrons. The molecule has 2 aromatic heterocycles. The van der Waals surface area contributed by atoms with Crippen molar-refractivity contribution < 1.29 is 4.79 Å². The summed E-state index contributed by atoms with van der Waals surface area (Å²) in [6.07, 6.45) is 12.1. The van der Waals surface area contributed by atoms with Crippen LogP contribution in [0.1, 0.15) is 41.2 Å². The van der Waals surface area contributed by atoms with Gasteiger partial charge in [0.05, 0.1) is 29.8 Å². The molecule has 1 fully saturated rings. The van der Waals surface area contributed by atoms with Gasteiger partial charge in [-0.15, -0.1) is 0 Å². The van der Waals surface area contributed by atoms with E-state index in [1.807, 2.05) is 43.7 Å². The first-order valence-corrected chi connectivity index (χ1v) is 8.61. The van der Waals surface area contributed by atoms with E-state index >= 15 is 0 Å². The number of aromatic nitrogens is 4. The van der Waals surface area contributed by atoms with Gasteiger partial charge in [0.2, 0.25) is 0 Å². The Morgan fingerprint density at radius 3 is 2.96 bits per heavy atom. The second kappa shape index (κ2) is 6.55. The van der Waals surface area contributed by atoms with Crippen molar-refractivity contribution in [1.82, 2.24) is 24.6 Å². The van der Waals surface area contributed by atoms with Crippen molar-refractivity contribution in [2.75, 3.05) is 0 Å². The van der Waals surface area contributed by atoms with Gasteiger partial charge in [0, 0.05) is 24.6 Å². The summed E-state index contributed by atoms with van der Waals surface area (Å²) < 4.78 is 3.85. The SMILES string of the molecule is Cc1ccccc1-n1cc(C(=O)N[C@H]2CCC[C@H]2n2ccnc2)cn1. The summed E-state index contributed by atoms with van der Waals surface area (Å²) in [4.78, 5) is 16.8. The van der Waals surface area contributed by atoms with Gasteiger partial charge >= 0.3 is 0 Å². The third-order valence-corrected chi connectivity index (χ3v) is 4.91. The second-order valence-electron chi connectivity index (χ2n) is 6.55. The van der Waals surface area contributed by atoms with Crippen molar-refractivity contribution in [1.29, 1.82) is 0 Å². The van der Waals surface area contributed by atoms with Gasteiger partial charge in [-0.1, -0.05) is 18.2 Å². The minimum absolute atomic E-state index is 0.0724. The van der Waals surface area contributed by atoms with E-state index in [1.165, 1.54) is 0 Å². The van der Waals surface area contributed by atoms with Crippen LogP contribution in [-0.2, 0) is 0 Å². The Balaban J connectivity index is 1.49. The first-order chi connectivity index (χ1) is 12.2. The van der Waals surface area contributed by atoms with Gasteiger partial charge in [-0.3, -0.25) is 4.79 Å². The quantitative estimate of drug-likeness (QED) is 0.797. The molecule has 0 saturated heterocycles. The first-order valence-electron chi connectivity index (χ1n) is 8.61. The lowest BCUT2D eigenvalue weighted by Crippen LogP contribution is -2.38. The van der Waals surface area contributed by atoms with E-state index in [1.54, 1.807) is 23.3 Å². The molecule has 0 spiro atoms. The van der Waals surface area contributed by atoms with Gasteiger partial charge in [-0.05, 0) is 37.8 Å². The van der Waals surface area contributed by atoms with Crippen LogP contribution < -0.4 is 5.32 Å². The molecule has 1 aliphatic rings. The summed E-state index contributed by atoms with van der Waals surface area (Å²) >= 11 is 0. The molecule has 1 saturated carbocycles. The highest BCUT2D eigenvalue weighted by molar-refractivity contribution is 5.94. The zero-order valence-corrected chi connectivity index (χ0v) is 14.2. The maximum atomic E-state index is 12.7. The Morgan fingerprint density at radius 1 is 1.28 bits per heavy atom. The number of carbonyl (C=O) groups excluding carboxylic acids is 1. The van der Waals surface area contributed by atoms with E-state index < -0.39 is 0 Å². The number of nitrogens with one attached hydrogen (secondary N) is 1. The zero-order chi connectivity index (χ0) is 17.2. The lowest BCUT2D eigenvalue weighted by Gasteiger charge is -2.21. The summed E-state index contributed by atoms with van der Waals surface area (Å²) in [6.45, 7) is 2.03. The van der Waals surface area contributed by atoms with Crippen LogP contribution in [0.3, 0.4) is 0 Å². The molecule has 0 aliphatic heterocycles. The number of amides is 1. The maximum Gasteiger partial charge on any atom is 0.254 e. The standard InChI is InChI=1S/C19H21N5O/c1-14-5-2-3-7-17(14)24-12-15(11-21-24)19(25)22-16-6-4-8-18(16)23-10-9-20-13-23/h2-3,5,7,9-13,16,18H,4,6,8H2,1H3,(H,22,25)/t16-,18+/m0/s1. The highest BCUT2D eigenvalue weighted by atomic mass is 16.1. The molecule has 1 aromatic carbocycles. The van der Waals surface area contributed by atoms with Crippen LogP contribution in [0, 0.1) is 6.92 Å². The molecule has 2 heterocycles. The van der Waals surface area contributed by atoms with E-state index in [0.29, 0.717) is 5.56 Å². The molecule has 6 heteroatoms. The van der Waals surface area contributed by atoms with Crippen LogP contribution >= 0.6 is 0 Å². The Labute approximate surface area is 146 Å². The summed E-state index contributed by atoms with van der Waals surface area (Å²) in [5, 5.41) is 7.52. The number of carbonyl (C=O) groups is 1. The van der Waals surface area contributed by atoms with Crippen molar-refractivity contribution in [2.24, 2.45) is 0 Å². The molecule has 2 atom stereocenters. The third kappa shape index (κ3) is 3.07. The molecular formula is C19H21N5O. The fourth-order valence-electron chi connectivity index (χ4n) is 3.58. The lowest BCUT2D eigenvalue weighted by molar-refractivity contribution is 0.0929. The van der Waals surface area contributed by atoms with Gasteiger partial charge in [0.15, 0.2) is 0 Å². The number of rotatable bonds is 4. The van der Waals surface area contributed by atoms with Gasteiger partial charge in [-0.25, -0.2) is 9.67 Å². The number of aryl methyl sites for hydroxylation is 1. The van der Waals surface area contributed by atoms with E-state index in [-0.39, 0.29) is 18.0 Å². The topological polar surface area (TPSA) is 64.7 Å². The number of imidazole rings is 1. The molecule has 128 valence electrons. The smallest absolute Gasteiger partial charge is 0.254 e. The highest BCUT2D eigenvalue weighted by Gasteiger charge is 2.30. The minimum atomic E-state index is -0.0724. The molecule has 0 bridgehead atoms. The van der Waals surface area contributed by atoms with Crippen molar-refractivity contribution in [3.63, 3.8) is 0 Å². The summed E-state index contributed by atoms with van der Waals surface area (Å²) in [7, 11) is 0. The first kappa shape index (κ1) is 15.6. The van der Waals surface area contributed by atoms with Crippen molar-refractivity contribution in [3.8, 4) is 5.69 Å². The largest absolute Gasteiger partial charge is 0.347 e. The fourth-order valence-corrected chi connectivity index (χ4v) is 3.58. The fraction of sp³-hybridized carbons (Fsp3) is 0.316. The van der Waals surface area contributed by atoms with Gasteiger partial charge in [-0.2, -0.15) is 5.10 Å². The van der Waals surface area contributed by atoms with Crippen molar-refractivity contribution in [2.45, 2.75) is 38.3 Å². The Hall–Kier alpha value is -2.89. The predicted octanol–water partition coefficient (Wildman–Crippen LogP) is 2.90. The number of hydrogen-bond acceptors (Lipinski definition) is 3. The molecule has 3 aromatic rings. The van der Waals surface area contributed by atoms with E-state index in [0.717, 1.165) is 30.5 Å². The third-order valence-electron chi connectivity index (χ3n) is 4.91. The Kier molecular flexibility index (Phi) is 4.09. The lowest BCUT2D eigenvalue weighted by atomic mass is 10.1. The van der Waals surface area contributed by atoms with E-state index in [2.05, 4.69) is 20.0 Å². The average Bonchev–Trinajstić information content (AvgIpc) is 3.36. The summed E-state index contributed by atoms with van der Waals surface area (Å²) in [6, 6.07) is 8.40.